The summed E-state index contributed by atoms with van der Waals surface area (Å²) >= 11 is 5.79. The fourth-order valence-corrected chi connectivity index (χ4v) is 3.44. The highest BCUT2D eigenvalue weighted by Crippen LogP contribution is 2.28. The van der Waals surface area contributed by atoms with Gasteiger partial charge in [0.05, 0.1) is 9.95 Å². The fourth-order valence-electron chi connectivity index (χ4n) is 1.62. The number of halogens is 1. The van der Waals surface area contributed by atoms with Gasteiger partial charge in [0.25, 0.3) is 5.69 Å². The summed E-state index contributed by atoms with van der Waals surface area (Å²) in [4.78, 5) is 9.73. The molecule has 8 heteroatoms. The maximum absolute atomic E-state index is 12.0. The van der Waals surface area contributed by atoms with Gasteiger partial charge in [0.1, 0.15) is 4.90 Å². The van der Waals surface area contributed by atoms with Crippen LogP contribution in [0.4, 0.5) is 5.69 Å². The molecule has 1 aliphatic rings. The molecule has 98 valence electrons. The number of hydrogen-bond donors (Lipinski definition) is 1. The zero-order chi connectivity index (χ0) is 13.3. The van der Waals surface area contributed by atoms with Gasteiger partial charge in [-0.15, -0.1) is 0 Å². The van der Waals surface area contributed by atoms with Crippen molar-refractivity contribution in [2.45, 2.75) is 30.2 Å². The molecule has 0 atom stereocenters. The summed E-state index contributed by atoms with van der Waals surface area (Å²) in [5.74, 6) is 0. The van der Waals surface area contributed by atoms with Crippen LogP contribution in [0.3, 0.4) is 0 Å². The lowest BCUT2D eigenvalue weighted by atomic mass is 9.94. The topological polar surface area (TPSA) is 89.3 Å². The molecule has 0 amide bonds. The highest BCUT2D eigenvalue weighted by atomic mass is 35.5. The maximum atomic E-state index is 12.0. The molecule has 1 aromatic rings. The summed E-state index contributed by atoms with van der Waals surface area (Å²) in [7, 11) is -3.79. The molecule has 1 aliphatic carbocycles. The van der Waals surface area contributed by atoms with Gasteiger partial charge in [0.2, 0.25) is 10.0 Å². The van der Waals surface area contributed by atoms with Gasteiger partial charge in [-0.05, 0) is 18.9 Å². The summed E-state index contributed by atoms with van der Waals surface area (Å²) in [6.45, 7) is 0. The van der Waals surface area contributed by atoms with Crippen molar-refractivity contribution in [1.29, 1.82) is 0 Å². The Labute approximate surface area is 109 Å². The summed E-state index contributed by atoms with van der Waals surface area (Å²) in [6.07, 6.45) is 2.55. The van der Waals surface area contributed by atoms with Crippen molar-refractivity contribution in [1.82, 2.24) is 4.72 Å². The minimum Gasteiger partial charge on any atom is -0.258 e. The average molecular weight is 291 g/mol. The Hall–Kier alpha value is -1.18. The van der Waals surface area contributed by atoms with E-state index in [9.17, 15) is 18.5 Å². The lowest BCUT2D eigenvalue weighted by Gasteiger charge is -2.26. The van der Waals surface area contributed by atoms with Crippen LogP contribution in [0, 0.1) is 10.1 Å². The third-order valence-electron chi connectivity index (χ3n) is 2.84. The number of non-ortho nitro benzene ring substituents is 1. The van der Waals surface area contributed by atoms with E-state index in [0.717, 1.165) is 25.3 Å². The molecule has 1 aromatic carbocycles. The number of hydrogen-bond acceptors (Lipinski definition) is 4. The Balaban J connectivity index is 2.35. The Bertz CT molecular complexity index is 584. The second kappa shape index (κ2) is 4.83. The molecule has 0 unspecified atom stereocenters. The zero-order valence-electron chi connectivity index (χ0n) is 9.30. The van der Waals surface area contributed by atoms with Gasteiger partial charge < -0.3 is 0 Å². The van der Waals surface area contributed by atoms with Crippen molar-refractivity contribution < 1.29 is 13.3 Å². The number of benzene rings is 1. The van der Waals surface area contributed by atoms with Gasteiger partial charge in [-0.2, -0.15) is 0 Å². The standard InChI is InChI=1S/C10H11ClN2O4S/c11-9-5-4-8(13(14)15)6-10(9)18(16,17)12-7-2-1-3-7/h4-7,12H,1-3H2. The molecule has 2 rings (SSSR count). The monoisotopic (exact) mass is 290 g/mol. The van der Waals surface area contributed by atoms with Crippen LogP contribution in [0.15, 0.2) is 23.1 Å². The minimum atomic E-state index is -3.79. The van der Waals surface area contributed by atoms with E-state index in [-0.39, 0.29) is 21.6 Å². The van der Waals surface area contributed by atoms with Crippen molar-refractivity contribution in [3.05, 3.63) is 33.3 Å². The molecule has 0 aliphatic heterocycles. The Morgan fingerprint density at radius 2 is 2.06 bits per heavy atom. The molecular weight excluding hydrogens is 280 g/mol. The minimum absolute atomic E-state index is 0.0209. The highest BCUT2D eigenvalue weighted by molar-refractivity contribution is 7.89. The van der Waals surface area contributed by atoms with Crippen LogP contribution in [-0.2, 0) is 10.0 Å². The van der Waals surface area contributed by atoms with Crippen LogP contribution in [0.1, 0.15) is 19.3 Å². The number of nitrogens with one attached hydrogen (secondary N) is 1. The van der Waals surface area contributed by atoms with Crippen molar-refractivity contribution in [3.8, 4) is 0 Å². The smallest absolute Gasteiger partial charge is 0.258 e. The van der Waals surface area contributed by atoms with Crippen LogP contribution >= 0.6 is 11.6 Å². The van der Waals surface area contributed by atoms with E-state index in [1.54, 1.807) is 0 Å². The summed E-state index contributed by atoms with van der Waals surface area (Å²) in [6, 6.07) is 3.27. The second-order valence-electron chi connectivity index (χ2n) is 4.12. The lowest BCUT2D eigenvalue weighted by Crippen LogP contribution is -2.39. The Morgan fingerprint density at radius 1 is 1.39 bits per heavy atom. The molecule has 1 N–H and O–H groups in total. The average Bonchev–Trinajstić information content (AvgIpc) is 2.24. The van der Waals surface area contributed by atoms with Gasteiger partial charge in [0.15, 0.2) is 0 Å². The molecule has 0 bridgehead atoms. The normalized spacial score (nSPS) is 16.3. The Morgan fingerprint density at radius 3 is 2.56 bits per heavy atom. The van der Waals surface area contributed by atoms with Gasteiger partial charge >= 0.3 is 0 Å². The molecule has 6 nitrogen and oxygen atoms in total. The maximum Gasteiger partial charge on any atom is 0.270 e. The van der Waals surface area contributed by atoms with E-state index in [1.807, 2.05) is 0 Å². The molecule has 1 saturated carbocycles. The Kier molecular flexibility index (Phi) is 3.56. The van der Waals surface area contributed by atoms with E-state index in [1.165, 1.54) is 12.1 Å². The zero-order valence-corrected chi connectivity index (χ0v) is 10.9. The van der Waals surface area contributed by atoms with E-state index in [4.69, 9.17) is 11.6 Å². The van der Waals surface area contributed by atoms with Crippen molar-refractivity contribution >= 4 is 27.3 Å². The van der Waals surface area contributed by atoms with Crippen LogP contribution in [0.5, 0.6) is 0 Å². The molecule has 0 saturated heterocycles. The van der Waals surface area contributed by atoms with E-state index >= 15 is 0 Å². The molecule has 0 spiro atoms. The van der Waals surface area contributed by atoms with Crippen LogP contribution in [0.2, 0.25) is 5.02 Å². The first-order chi connectivity index (χ1) is 8.40. The quantitative estimate of drug-likeness (QED) is 0.679. The van der Waals surface area contributed by atoms with Crippen LogP contribution < -0.4 is 4.72 Å². The molecule has 1 fully saturated rings. The summed E-state index contributed by atoms with van der Waals surface area (Å²) < 4.78 is 26.5. The van der Waals surface area contributed by atoms with Crippen molar-refractivity contribution in [2.24, 2.45) is 0 Å². The predicted octanol–water partition coefficient (Wildman–Crippen LogP) is 2.08. The van der Waals surface area contributed by atoms with Crippen molar-refractivity contribution in [3.63, 3.8) is 0 Å². The molecule has 18 heavy (non-hydrogen) atoms. The second-order valence-corrected chi connectivity index (χ2v) is 6.21. The summed E-state index contributed by atoms with van der Waals surface area (Å²) in [5, 5.41) is 10.6. The first-order valence-corrected chi connectivity index (χ1v) is 7.22. The van der Waals surface area contributed by atoms with Gasteiger partial charge in [0, 0.05) is 18.2 Å². The molecule has 0 heterocycles. The first kappa shape index (κ1) is 13.3. The predicted molar refractivity (Wildman–Crippen MR) is 66.1 cm³/mol. The number of rotatable bonds is 4. The lowest BCUT2D eigenvalue weighted by molar-refractivity contribution is -0.385. The van der Waals surface area contributed by atoms with E-state index < -0.39 is 14.9 Å². The van der Waals surface area contributed by atoms with Crippen LogP contribution in [-0.4, -0.2) is 19.4 Å². The highest BCUT2D eigenvalue weighted by Gasteiger charge is 2.27. The molecular formula is C10H11ClN2O4S. The SMILES string of the molecule is O=[N+]([O-])c1ccc(Cl)c(S(=O)(=O)NC2CCC2)c1. The molecule has 0 aromatic heterocycles. The van der Waals surface area contributed by atoms with E-state index in [0.29, 0.717) is 0 Å². The third-order valence-corrected chi connectivity index (χ3v) is 4.84. The number of sulfonamides is 1. The van der Waals surface area contributed by atoms with E-state index in [2.05, 4.69) is 4.72 Å². The van der Waals surface area contributed by atoms with Gasteiger partial charge in [-0.3, -0.25) is 10.1 Å². The number of nitro groups is 1. The first-order valence-electron chi connectivity index (χ1n) is 5.36. The largest absolute Gasteiger partial charge is 0.270 e. The number of nitrogens with zero attached hydrogens (tertiary/aromatic N) is 1. The molecule has 0 radical (unpaired) electrons. The fraction of sp³-hybridized carbons (Fsp3) is 0.400. The van der Waals surface area contributed by atoms with Crippen LogP contribution in [0.25, 0.3) is 0 Å². The van der Waals surface area contributed by atoms with Gasteiger partial charge in [-0.1, -0.05) is 18.0 Å². The summed E-state index contributed by atoms with van der Waals surface area (Å²) in [5.41, 5.74) is -0.298. The van der Waals surface area contributed by atoms with Crippen molar-refractivity contribution in [2.75, 3.05) is 0 Å². The van der Waals surface area contributed by atoms with Gasteiger partial charge in [-0.25, -0.2) is 13.1 Å². The third kappa shape index (κ3) is 2.63. The number of nitro benzene ring substituents is 1.